The van der Waals surface area contributed by atoms with Crippen LogP contribution in [-0.4, -0.2) is 29.7 Å². The number of aromatic nitrogens is 6. The summed E-state index contributed by atoms with van der Waals surface area (Å²) in [7, 11) is 0. The largest absolute Gasteiger partial charge is 0.261 e. The zero-order valence-electron chi connectivity index (χ0n) is 17.6. The summed E-state index contributed by atoms with van der Waals surface area (Å²) in [6.45, 7) is 5.59. The third kappa shape index (κ3) is 3.49. The van der Waals surface area contributed by atoms with Crippen molar-refractivity contribution >= 4 is 11.2 Å². The van der Waals surface area contributed by atoms with E-state index in [1.165, 1.54) is 12.1 Å². The lowest BCUT2D eigenvalue weighted by molar-refractivity contribution is 0.585. The molecule has 0 radical (unpaired) electrons. The summed E-state index contributed by atoms with van der Waals surface area (Å²) in [6.07, 6.45) is 5.24. The molecule has 0 atom stereocenters. The van der Waals surface area contributed by atoms with Crippen molar-refractivity contribution in [1.29, 1.82) is 0 Å². The molecule has 0 aliphatic heterocycles. The molecule has 4 heterocycles. The fourth-order valence-electron chi connectivity index (χ4n) is 3.53. The van der Waals surface area contributed by atoms with Gasteiger partial charge in [-0.3, -0.25) is 4.98 Å². The summed E-state index contributed by atoms with van der Waals surface area (Å²) in [4.78, 5) is 18.0. The second-order valence-electron chi connectivity index (χ2n) is 7.57. The van der Waals surface area contributed by atoms with Gasteiger partial charge < -0.3 is 0 Å². The van der Waals surface area contributed by atoms with E-state index in [4.69, 9.17) is 0 Å². The Bertz CT molecular complexity index is 1490. The van der Waals surface area contributed by atoms with Crippen LogP contribution in [0.4, 0.5) is 8.78 Å². The Labute approximate surface area is 182 Å². The monoisotopic (exact) mass is 428 g/mol. The van der Waals surface area contributed by atoms with Crippen molar-refractivity contribution in [2.75, 3.05) is 0 Å². The molecule has 5 rings (SSSR count). The number of rotatable bonds is 3. The minimum Gasteiger partial charge on any atom is -0.261 e. The maximum atomic E-state index is 14.7. The maximum absolute atomic E-state index is 14.7. The van der Waals surface area contributed by atoms with Crippen molar-refractivity contribution in [2.24, 2.45) is 0 Å². The van der Waals surface area contributed by atoms with Gasteiger partial charge in [0.1, 0.15) is 17.2 Å². The zero-order valence-corrected chi connectivity index (χ0v) is 17.6. The molecule has 5 aromatic rings. The standard InChI is InChI=1S/C24H18F2N6/c1-13-8-18(6-7-27-13)32-12-16(11-28-32)22-10-20(19-5-4-17(25)9-21(19)26)23-24(31-22)30-15(3)14(2)29-23/h4-12H,1-3H3. The van der Waals surface area contributed by atoms with E-state index < -0.39 is 11.6 Å². The summed E-state index contributed by atoms with van der Waals surface area (Å²) in [5.74, 6) is -1.32. The van der Waals surface area contributed by atoms with Crippen molar-refractivity contribution in [1.82, 2.24) is 29.7 Å². The first-order valence-electron chi connectivity index (χ1n) is 9.98. The lowest BCUT2D eigenvalue weighted by Gasteiger charge is -2.11. The summed E-state index contributed by atoms with van der Waals surface area (Å²) in [6, 6.07) is 9.00. The number of pyridine rings is 2. The van der Waals surface area contributed by atoms with E-state index >= 15 is 0 Å². The Morgan fingerprint density at radius 3 is 2.44 bits per heavy atom. The molecule has 0 bridgehead atoms. The highest BCUT2D eigenvalue weighted by Gasteiger charge is 2.17. The highest BCUT2D eigenvalue weighted by molar-refractivity contribution is 5.92. The van der Waals surface area contributed by atoms with Gasteiger partial charge in [-0.15, -0.1) is 0 Å². The van der Waals surface area contributed by atoms with Gasteiger partial charge in [-0.2, -0.15) is 5.10 Å². The van der Waals surface area contributed by atoms with Crippen LogP contribution < -0.4 is 0 Å². The molecule has 0 fully saturated rings. The van der Waals surface area contributed by atoms with E-state index in [-0.39, 0.29) is 5.56 Å². The second-order valence-corrected chi connectivity index (χ2v) is 7.57. The molecule has 8 heteroatoms. The first kappa shape index (κ1) is 19.9. The van der Waals surface area contributed by atoms with Crippen molar-refractivity contribution in [3.63, 3.8) is 0 Å². The molecule has 0 N–H and O–H groups in total. The molecule has 0 unspecified atom stereocenters. The number of hydrogen-bond acceptors (Lipinski definition) is 5. The van der Waals surface area contributed by atoms with Crippen LogP contribution >= 0.6 is 0 Å². The molecule has 32 heavy (non-hydrogen) atoms. The van der Waals surface area contributed by atoms with Crippen LogP contribution in [0.5, 0.6) is 0 Å². The van der Waals surface area contributed by atoms with Gasteiger partial charge in [-0.05, 0) is 51.1 Å². The molecule has 6 nitrogen and oxygen atoms in total. The van der Waals surface area contributed by atoms with Gasteiger partial charge in [0.15, 0.2) is 5.65 Å². The van der Waals surface area contributed by atoms with E-state index in [9.17, 15) is 8.78 Å². The van der Waals surface area contributed by atoms with E-state index in [0.717, 1.165) is 34.4 Å². The van der Waals surface area contributed by atoms with Gasteiger partial charge in [0.05, 0.1) is 29.0 Å². The van der Waals surface area contributed by atoms with Crippen LogP contribution in [0.15, 0.2) is 55.0 Å². The summed E-state index contributed by atoms with van der Waals surface area (Å²) < 4.78 is 30.0. The highest BCUT2D eigenvalue weighted by Crippen LogP contribution is 2.33. The lowest BCUT2D eigenvalue weighted by Crippen LogP contribution is -2.00. The van der Waals surface area contributed by atoms with Crippen LogP contribution in [0.2, 0.25) is 0 Å². The third-order valence-electron chi connectivity index (χ3n) is 5.30. The van der Waals surface area contributed by atoms with E-state index in [1.807, 2.05) is 39.1 Å². The number of aryl methyl sites for hydroxylation is 3. The van der Waals surface area contributed by atoms with Gasteiger partial charge in [0.25, 0.3) is 0 Å². The Morgan fingerprint density at radius 2 is 1.66 bits per heavy atom. The number of hydrogen-bond donors (Lipinski definition) is 0. The number of nitrogens with zero attached hydrogens (tertiary/aromatic N) is 6. The third-order valence-corrected chi connectivity index (χ3v) is 5.30. The first-order valence-corrected chi connectivity index (χ1v) is 9.98. The smallest absolute Gasteiger partial charge is 0.179 e. The Balaban J connectivity index is 1.72. The fourth-order valence-corrected chi connectivity index (χ4v) is 3.53. The average molecular weight is 428 g/mol. The van der Waals surface area contributed by atoms with E-state index in [0.29, 0.717) is 22.4 Å². The van der Waals surface area contributed by atoms with Crippen LogP contribution in [0.3, 0.4) is 0 Å². The van der Waals surface area contributed by atoms with Gasteiger partial charge in [0.2, 0.25) is 0 Å². The summed E-state index contributed by atoms with van der Waals surface area (Å²) >= 11 is 0. The maximum Gasteiger partial charge on any atom is 0.179 e. The SMILES string of the molecule is Cc1cc(-n2cc(-c3cc(-c4ccc(F)cc4F)c4nc(C)c(C)nc4n3)cn2)ccn1. The topological polar surface area (TPSA) is 69.4 Å². The molecular formula is C24H18F2N6. The molecule has 0 saturated heterocycles. The van der Waals surface area contributed by atoms with E-state index in [2.05, 4.69) is 25.0 Å². The van der Waals surface area contributed by atoms with Crippen molar-refractivity contribution in [3.8, 4) is 28.1 Å². The lowest BCUT2D eigenvalue weighted by atomic mass is 10.0. The normalized spacial score (nSPS) is 11.3. The molecule has 0 saturated carbocycles. The second kappa shape index (κ2) is 7.56. The van der Waals surface area contributed by atoms with Crippen LogP contribution in [0, 0.1) is 32.4 Å². The van der Waals surface area contributed by atoms with Crippen LogP contribution in [0.1, 0.15) is 17.1 Å². The number of halogens is 2. The molecule has 0 amide bonds. The van der Waals surface area contributed by atoms with Gasteiger partial charge >= 0.3 is 0 Å². The summed E-state index contributed by atoms with van der Waals surface area (Å²) in [5.41, 5.74) is 6.04. The molecule has 1 aromatic carbocycles. The zero-order chi connectivity index (χ0) is 22.4. The average Bonchev–Trinajstić information content (AvgIpc) is 3.25. The molecule has 0 aliphatic carbocycles. The van der Waals surface area contributed by atoms with E-state index in [1.54, 1.807) is 23.1 Å². The van der Waals surface area contributed by atoms with Crippen LogP contribution in [-0.2, 0) is 0 Å². The molecule has 0 aliphatic rings. The van der Waals surface area contributed by atoms with Crippen molar-refractivity contribution in [2.45, 2.75) is 20.8 Å². The van der Waals surface area contributed by atoms with Crippen molar-refractivity contribution in [3.05, 3.63) is 83.7 Å². The number of fused-ring (bicyclic) bond motifs is 1. The minimum atomic E-state index is -0.675. The number of benzene rings is 1. The molecular weight excluding hydrogens is 410 g/mol. The minimum absolute atomic E-state index is 0.231. The first-order chi connectivity index (χ1) is 15.4. The Hall–Kier alpha value is -4.07. The predicted octanol–water partition coefficient (Wildman–Crippen LogP) is 5.14. The Kier molecular flexibility index (Phi) is 4.70. The fraction of sp³-hybridized carbons (Fsp3) is 0.125. The molecule has 4 aromatic heterocycles. The van der Waals surface area contributed by atoms with Crippen molar-refractivity contribution < 1.29 is 8.78 Å². The van der Waals surface area contributed by atoms with Gasteiger partial charge in [0, 0.05) is 40.8 Å². The van der Waals surface area contributed by atoms with Gasteiger partial charge in [-0.1, -0.05) is 0 Å². The highest BCUT2D eigenvalue weighted by atomic mass is 19.1. The predicted molar refractivity (Wildman–Crippen MR) is 117 cm³/mol. The quantitative estimate of drug-likeness (QED) is 0.398. The molecule has 0 spiro atoms. The summed E-state index contributed by atoms with van der Waals surface area (Å²) in [5, 5.41) is 4.44. The Morgan fingerprint density at radius 1 is 0.844 bits per heavy atom. The van der Waals surface area contributed by atoms with Crippen LogP contribution in [0.25, 0.3) is 39.2 Å². The molecule has 158 valence electrons. The van der Waals surface area contributed by atoms with Gasteiger partial charge in [-0.25, -0.2) is 28.4 Å².